The number of aryl methyl sites for hydroxylation is 1. The van der Waals surface area contributed by atoms with Crippen molar-refractivity contribution in [3.8, 4) is 6.07 Å². The molecule has 2 aromatic rings. The van der Waals surface area contributed by atoms with Gasteiger partial charge in [-0.3, -0.25) is 14.6 Å². The van der Waals surface area contributed by atoms with Gasteiger partial charge in [0.15, 0.2) is 0 Å². The second-order valence-corrected chi connectivity index (χ2v) is 8.99. The summed E-state index contributed by atoms with van der Waals surface area (Å²) in [6.07, 6.45) is -0.138. The summed E-state index contributed by atoms with van der Waals surface area (Å²) in [5.74, 6) is -2.06. The number of carbonyl (C=O) groups excluding carboxylic acids is 2. The fraction of sp³-hybridized carbons (Fsp3) is 0.300. The maximum absolute atomic E-state index is 13.5. The van der Waals surface area contributed by atoms with Crippen LogP contribution in [0.2, 0.25) is 0 Å². The van der Waals surface area contributed by atoms with Gasteiger partial charge in [0, 0.05) is 18.4 Å². The molecule has 0 spiro atoms. The van der Waals surface area contributed by atoms with E-state index in [1.807, 2.05) is 0 Å². The lowest BCUT2D eigenvalue weighted by Gasteiger charge is -2.35. The lowest BCUT2D eigenvalue weighted by Crippen LogP contribution is -2.62. The summed E-state index contributed by atoms with van der Waals surface area (Å²) in [4.78, 5) is 29.6. The van der Waals surface area contributed by atoms with Crippen LogP contribution in [-0.2, 0) is 26.3 Å². The van der Waals surface area contributed by atoms with E-state index in [1.54, 1.807) is 31.2 Å². The first kappa shape index (κ1) is 23.3. The third kappa shape index (κ3) is 5.25. The zero-order valence-electron chi connectivity index (χ0n) is 17.3. The van der Waals surface area contributed by atoms with Crippen LogP contribution in [0, 0.1) is 24.1 Å². The molecule has 1 aliphatic rings. The molecule has 3 rings (SSSR count). The van der Waals surface area contributed by atoms with Crippen molar-refractivity contribution in [3.05, 3.63) is 59.2 Å². The SMILES string of the molecule is Cc1cccc(CNC(=O)C2CC(C(=O)Nc3ccc(F)c(C#N)c3)N(C)S(=O)(=O)N2)n1. The predicted molar refractivity (Wildman–Crippen MR) is 113 cm³/mol. The van der Waals surface area contributed by atoms with Crippen LogP contribution in [-0.4, -0.2) is 48.7 Å². The number of nitriles is 1. The van der Waals surface area contributed by atoms with Gasteiger partial charge in [0.1, 0.15) is 24.0 Å². The van der Waals surface area contributed by atoms with Gasteiger partial charge in [0.2, 0.25) is 11.8 Å². The molecule has 168 valence electrons. The Hall–Kier alpha value is -3.40. The Kier molecular flexibility index (Phi) is 6.83. The average molecular weight is 460 g/mol. The largest absolute Gasteiger partial charge is 0.349 e. The molecular weight excluding hydrogens is 439 g/mol. The number of pyridine rings is 1. The van der Waals surface area contributed by atoms with Crippen LogP contribution < -0.4 is 15.4 Å². The van der Waals surface area contributed by atoms with E-state index in [-0.39, 0.29) is 24.2 Å². The highest BCUT2D eigenvalue weighted by Gasteiger charge is 2.42. The lowest BCUT2D eigenvalue weighted by molar-refractivity contribution is -0.124. The first-order valence-electron chi connectivity index (χ1n) is 9.57. The molecule has 1 aromatic carbocycles. The molecule has 12 heteroatoms. The van der Waals surface area contributed by atoms with Crippen LogP contribution in [0.5, 0.6) is 0 Å². The number of likely N-dealkylation sites (N-methyl/N-ethyl adjacent to an activating group) is 1. The van der Waals surface area contributed by atoms with Crippen LogP contribution in [0.1, 0.15) is 23.4 Å². The molecule has 1 aliphatic heterocycles. The van der Waals surface area contributed by atoms with Crippen molar-refractivity contribution >= 4 is 27.7 Å². The van der Waals surface area contributed by atoms with Gasteiger partial charge in [-0.2, -0.15) is 22.7 Å². The number of halogens is 1. The summed E-state index contributed by atoms with van der Waals surface area (Å²) in [6.45, 7) is 1.90. The van der Waals surface area contributed by atoms with Crippen molar-refractivity contribution in [1.29, 1.82) is 5.26 Å². The molecule has 1 saturated heterocycles. The summed E-state index contributed by atoms with van der Waals surface area (Å²) in [6, 6.07) is 8.01. The minimum atomic E-state index is -4.12. The number of benzene rings is 1. The summed E-state index contributed by atoms with van der Waals surface area (Å²) < 4.78 is 41.5. The van der Waals surface area contributed by atoms with Gasteiger partial charge in [-0.1, -0.05) is 6.07 Å². The van der Waals surface area contributed by atoms with Gasteiger partial charge >= 0.3 is 0 Å². The summed E-state index contributed by atoms with van der Waals surface area (Å²) in [5.41, 5.74) is 1.24. The Bertz CT molecular complexity index is 1200. The van der Waals surface area contributed by atoms with Gasteiger partial charge in [-0.25, -0.2) is 4.39 Å². The van der Waals surface area contributed by atoms with Crippen molar-refractivity contribution in [2.75, 3.05) is 12.4 Å². The highest BCUT2D eigenvalue weighted by Crippen LogP contribution is 2.20. The monoisotopic (exact) mass is 460 g/mol. The van der Waals surface area contributed by atoms with E-state index in [0.717, 1.165) is 22.1 Å². The van der Waals surface area contributed by atoms with E-state index < -0.39 is 39.9 Å². The molecule has 0 saturated carbocycles. The third-order valence-electron chi connectivity index (χ3n) is 4.93. The molecule has 2 unspecified atom stereocenters. The molecule has 2 atom stereocenters. The number of nitrogens with one attached hydrogen (secondary N) is 3. The standard InChI is InChI=1S/C20H21FN6O4S/c1-12-4-3-5-15(24-12)11-23-19(28)17-9-18(27(2)32(30,31)26-17)20(29)25-14-6-7-16(21)13(8-14)10-22/h3-8,17-18,26H,9,11H2,1-2H3,(H,23,28)(H,25,29). The maximum atomic E-state index is 13.5. The second kappa shape index (κ2) is 9.39. The molecule has 2 heterocycles. The average Bonchev–Trinajstić information content (AvgIpc) is 2.75. The Labute approximate surface area is 184 Å². The van der Waals surface area contributed by atoms with Crippen LogP contribution in [0.15, 0.2) is 36.4 Å². The normalized spacial score (nSPS) is 20.2. The second-order valence-electron chi connectivity index (χ2n) is 7.23. The fourth-order valence-corrected chi connectivity index (χ4v) is 4.44. The third-order valence-corrected chi connectivity index (χ3v) is 6.53. The zero-order valence-corrected chi connectivity index (χ0v) is 18.1. The quantitative estimate of drug-likeness (QED) is 0.595. The summed E-state index contributed by atoms with van der Waals surface area (Å²) in [5, 5.41) is 14.0. The lowest BCUT2D eigenvalue weighted by atomic mass is 10.1. The highest BCUT2D eigenvalue weighted by atomic mass is 32.2. The Morgan fingerprint density at radius 1 is 1.31 bits per heavy atom. The fourth-order valence-electron chi connectivity index (χ4n) is 3.20. The van der Waals surface area contributed by atoms with Gasteiger partial charge < -0.3 is 10.6 Å². The Balaban J connectivity index is 1.72. The predicted octanol–water partition coefficient (Wildman–Crippen LogP) is 0.563. The van der Waals surface area contributed by atoms with Gasteiger partial charge in [0.05, 0.1) is 17.8 Å². The van der Waals surface area contributed by atoms with Crippen molar-refractivity contribution in [2.24, 2.45) is 0 Å². The molecule has 3 N–H and O–H groups in total. The van der Waals surface area contributed by atoms with Crippen molar-refractivity contribution < 1.29 is 22.4 Å². The Morgan fingerprint density at radius 2 is 2.06 bits per heavy atom. The first-order chi connectivity index (χ1) is 15.1. The van der Waals surface area contributed by atoms with Gasteiger partial charge in [0.25, 0.3) is 10.2 Å². The minimum absolute atomic E-state index is 0.0952. The van der Waals surface area contributed by atoms with Gasteiger partial charge in [-0.05, 0) is 43.7 Å². The number of hydrogen-bond donors (Lipinski definition) is 3. The topological polar surface area (TPSA) is 144 Å². The van der Waals surface area contributed by atoms with Crippen molar-refractivity contribution in [3.63, 3.8) is 0 Å². The molecule has 0 radical (unpaired) electrons. The molecule has 1 aromatic heterocycles. The van der Waals surface area contributed by atoms with Gasteiger partial charge in [-0.15, -0.1) is 0 Å². The van der Waals surface area contributed by atoms with Crippen molar-refractivity contribution in [2.45, 2.75) is 32.0 Å². The van der Waals surface area contributed by atoms with Crippen LogP contribution >= 0.6 is 0 Å². The molecule has 10 nitrogen and oxygen atoms in total. The van der Waals surface area contributed by atoms with E-state index in [1.165, 1.54) is 13.1 Å². The minimum Gasteiger partial charge on any atom is -0.349 e. The number of carbonyl (C=O) groups is 2. The molecule has 0 aliphatic carbocycles. The van der Waals surface area contributed by atoms with Crippen LogP contribution in [0.25, 0.3) is 0 Å². The van der Waals surface area contributed by atoms with E-state index in [0.29, 0.717) is 5.69 Å². The number of rotatable bonds is 5. The van der Waals surface area contributed by atoms with Crippen LogP contribution in [0.4, 0.5) is 10.1 Å². The maximum Gasteiger partial charge on any atom is 0.280 e. The molecular formula is C20H21FN6O4S. The first-order valence-corrected chi connectivity index (χ1v) is 11.0. The smallest absolute Gasteiger partial charge is 0.280 e. The molecule has 32 heavy (non-hydrogen) atoms. The van der Waals surface area contributed by atoms with E-state index in [4.69, 9.17) is 5.26 Å². The number of anilines is 1. The summed E-state index contributed by atoms with van der Waals surface area (Å²) >= 11 is 0. The van der Waals surface area contributed by atoms with E-state index in [9.17, 15) is 22.4 Å². The number of amides is 2. The Morgan fingerprint density at radius 3 is 2.75 bits per heavy atom. The summed E-state index contributed by atoms with van der Waals surface area (Å²) in [7, 11) is -2.91. The number of hydrogen-bond acceptors (Lipinski definition) is 6. The van der Waals surface area contributed by atoms with E-state index in [2.05, 4.69) is 20.3 Å². The number of nitrogens with zero attached hydrogens (tertiary/aromatic N) is 3. The highest BCUT2D eigenvalue weighted by molar-refractivity contribution is 7.87. The van der Waals surface area contributed by atoms with E-state index >= 15 is 0 Å². The van der Waals surface area contributed by atoms with Crippen LogP contribution in [0.3, 0.4) is 0 Å². The molecule has 0 bridgehead atoms. The number of aromatic nitrogens is 1. The molecule has 1 fully saturated rings. The van der Waals surface area contributed by atoms with Crippen molar-refractivity contribution in [1.82, 2.24) is 19.3 Å². The molecule has 2 amide bonds. The zero-order chi connectivity index (χ0) is 23.5.